The fourth-order valence-electron chi connectivity index (χ4n) is 2.07. The lowest BCUT2D eigenvalue weighted by atomic mass is 10.2. The van der Waals surface area contributed by atoms with E-state index in [1.807, 2.05) is 6.07 Å². The summed E-state index contributed by atoms with van der Waals surface area (Å²) in [5.41, 5.74) is 0.924. The average Bonchev–Trinajstić information content (AvgIpc) is 2.78. The first-order valence-corrected chi connectivity index (χ1v) is 6.22. The number of ether oxygens (including phenoxy) is 2. The van der Waals surface area contributed by atoms with Crippen LogP contribution in [0, 0.1) is 0 Å². The van der Waals surface area contributed by atoms with Gasteiger partial charge in [-0.05, 0) is 7.05 Å². The highest BCUT2D eigenvalue weighted by molar-refractivity contribution is 5.04. The molecule has 1 aliphatic heterocycles. The predicted molar refractivity (Wildman–Crippen MR) is 66.2 cm³/mol. The van der Waals surface area contributed by atoms with Crippen molar-refractivity contribution in [3.8, 4) is 0 Å². The van der Waals surface area contributed by atoms with E-state index in [0.29, 0.717) is 6.61 Å². The van der Waals surface area contributed by atoms with Gasteiger partial charge in [0.15, 0.2) is 5.76 Å². The van der Waals surface area contributed by atoms with E-state index >= 15 is 0 Å². The monoisotopic (exact) mass is 255 g/mol. The molecule has 1 unspecified atom stereocenters. The molecule has 2 heterocycles. The van der Waals surface area contributed by atoms with Crippen molar-refractivity contribution in [1.29, 1.82) is 0 Å². The zero-order chi connectivity index (χ0) is 12.8. The molecule has 0 spiro atoms. The van der Waals surface area contributed by atoms with Crippen LogP contribution in [0.25, 0.3) is 0 Å². The van der Waals surface area contributed by atoms with Crippen LogP contribution in [-0.2, 0) is 22.6 Å². The third-order valence-electron chi connectivity index (χ3n) is 2.85. The fourth-order valence-corrected chi connectivity index (χ4v) is 2.07. The van der Waals surface area contributed by atoms with E-state index in [9.17, 15) is 0 Å². The maximum absolute atomic E-state index is 5.66. The van der Waals surface area contributed by atoms with Gasteiger partial charge in [0.2, 0.25) is 0 Å². The topological polar surface area (TPSA) is 59.8 Å². The lowest BCUT2D eigenvalue weighted by Gasteiger charge is -2.27. The van der Waals surface area contributed by atoms with E-state index < -0.39 is 0 Å². The number of hydrogen-bond donors (Lipinski definition) is 1. The number of methoxy groups -OCH3 is 1. The third-order valence-corrected chi connectivity index (χ3v) is 2.85. The van der Waals surface area contributed by atoms with Gasteiger partial charge >= 0.3 is 0 Å². The summed E-state index contributed by atoms with van der Waals surface area (Å²) in [4.78, 5) is 2.19. The Bertz CT molecular complexity index is 350. The SMILES string of the molecule is COCc1cc(CN(C)CC2CNCCO2)no1. The molecule has 1 fully saturated rings. The average molecular weight is 255 g/mol. The Kier molecular flexibility index (Phi) is 5.12. The molecular formula is C12H21N3O3. The Morgan fingerprint density at radius 2 is 2.50 bits per heavy atom. The van der Waals surface area contributed by atoms with Crippen molar-refractivity contribution >= 4 is 0 Å². The van der Waals surface area contributed by atoms with Gasteiger partial charge < -0.3 is 19.3 Å². The maximum atomic E-state index is 5.66. The summed E-state index contributed by atoms with van der Waals surface area (Å²) in [7, 11) is 3.70. The predicted octanol–water partition coefficient (Wildman–Crippen LogP) is 0.241. The first-order valence-electron chi connectivity index (χ1n) is 6.22. The molecule has 6 nitrogen and oxygen atoms in total. The quantitative estimate of drug-likeness (QED) is 0.786. The van der Waals surface area contributed by atoms with Crippen LogP contribution in [0.2, 0.25) is 0 Å². The molecule has 0 saturated carbocycles. The second-order valence-corrected chi connectivity index (χ2v) is 4.61. The number of likely N-dealkylation sites (N-methyl/N-ethyl adjacent to an activating group) is 1. The van der Waals surface area contributed by atoms with Crippen LogP contribution in [0.15, 0.2) is 10.6 Å². The van der Waals surface area contributed by atoms with Gasteiger partial charge in [0.05, 0.1) is 18.4 Å². The normalized spacial score (nSPS) is 20.5. The van der Waals surface area contributed by atoms with Crippen molar-refractivity contribution in [2.24, 2.45) is 0 Å². The second-order valence-electron chi connectivity index (χ2n) is 4.61. The van der Waals surface area contributed by atoms with Crippen molar-refractivity contribution in [3.63, 3.8) is 0 Å². The van der Waals surface area contributed by atoms with Crippen LogP contribution >= 0.6 is 0 Å². The van der Waals surface area contributed by atoms with Crippen LogP contribution in [-0.4, -0.2) is 56.6 Å². The van der Waals surface area contributed by atoms with Gasteiger partial charge in [-0.25, -0.2) is 0 Å². The summed E-state index contributed by atoms with van der Waals surface area (Å²) in [6.45, 7) is 4.77. The molecule has 18 heavy (non-hydrogen) atoms. The van der Waals surface area contributed by atoms with E-state index in [0.717, 1.165) is 44.2 Å². The van der Waals surface area contributed by atoms with Crippen molar-refractivity contribution in [3.05, 3.63) is 17.5 Å². The van der Waals surface area contributed by atoms with Gasteiger partial charge in [0.25, 0.3) is 0 Å². The minimum absolute atomic E-state index is 0.258. The molecule has 1 saturated heterocycles. The van der Waals surface area contributed by atoms with Crippen LogP contribution in [0.3, 0.4) is 0 Å². The number of nitrogens with zero attached hydrogens (tertiary/aromatic N) is 2. The molecule has 0 amide bonds. The van der Waals surface area contributed by atoms with Gasteiger partial charge in [-0.1, -0.05) is 5.16 Å². The summed E-state index contributed by atoms with van der Waals surface area (Å²) in [5, 5.41) is 7.34. The summed E-state index contributed by atoms with van der Waals surface area (Å²) < 4.78 is 15.8. The molecule has 1 aromatic heterocycles. The minimum Gasteiger partial charge on any atom is -0.377 e. The van der Waals surface area contributed by atoms with Crippen LogP contribution in [0.5, 0.6) is 0 Å². The zero-order valence-corrected chi connectivity index (χ0v) is 11.0. The smallest absolute Gasteiger partial charge is 0.162 e. The Morgan fingerprint density at radius 1 is 1.61 bits per heavy atom. The van der Waals surface area contributed by atoms with Gasteiger partial charge in [-0.3, -0.25) is 4.90 Å². The molecule has 0 aromatic carbocycles. The van der Waals surface area contributed by atoms with Crippen molar-refractivity contribution in [2.75, 3.05) is 40.4 Å². The molecule has 0 aliphatic carbocycles. The number of hydrogen-bond acceptors (Lipinski definition) is 6. The molecule has 1 aromatic rings. The standard InChI is InChI=1S/C12H21N3O3/c1-15(8-12-6-13-3-4-17-12)7-10-5-11(9-16-2)18-14-10/h5,12-13H,3-4,6-9H2,1-2H3. The van der Waals surface area contributed by atoms with Gasteiger partial charge in [-0.15, -0.1) is 0 Å². The molecule has 6 heteroatoms. The Labute approximate surface area is 107 Å². The Hall–Kier alpha value is -0.950. The summed E-state index contributed by atoms with van der Waals surface area (Å²) in [6, 6.07) is 1.93. The third kappa shape index (κ3) is 4.06. The van der Waals surface area contributed by atoms with Crippen molar-refractivity contribution in [1.82, 2.24) is 15.4 Å². The van der Waals surface area contributed by atoms with Crippen molar-refractivity contribution < 1.29 is 14.0 Å². The number of morpholine rings is 1. The number of rotatable bonds is 6. The van der Waals surface area contributed by atoms with Crippen LogP contribution < -0.4 is 5.32 Å². The highest BCUT2D eigenvalue weighted by atomic mass is 16.5. The lowest BCUT2D eigenvalue weighted by Crippen LogP contribution is -2.44. The first-order chi connectivity index (χ1) is 8.78. The van der Waals surface area contributed by atoms with E-state index in [-0.39, 0.29) is 6.10 Å². The highest BCUT2D eigenvalue weighted by Crippen LogP contribution is 2.08. The molecule has 0 radical (unpaired) electrons. The maximum Gasteiger partial charge on any atom is 0.162 e. The van der Waals surface area contributed by atoms with E-state index in [1.54, 1.807) is 7.11 Å². The molecule has 0 bridgehead atoms. The second kappa shape index (κ2) is 6.84. The van der Waals surface area contributed by atoms with Crippen LogP contribution in [0.4, 0.5) is 0 Å². The first kappa shape index (κ1) is 13.5. The number of aromatic nitrogens is 1. The van der Waals surface area contributed by atoms with Crippen LogP contribution in [0.1, 0.15) is 11.5 Å². The molecule has 1 N–H and O–H groups in total. The van der Waals surface area contributed by atoms with E-state index in [4.69, 9.17) is 14.0 Å². The molecule has 1 atom stereocenters. The zero-order valence-electron chi connectivity index (χ0n) is 11.0. The molecule has 1 aliphatic rings. The molecule has 102 valence electrons. The lowest BCUT2D eigenvalue weighted by molar-refractivity contribution is 0.00855. The van der Waals surface area contributed by atoms with Gasteiger partial charge in [0, 0.05) is 39.4 Å². The summed E-state index contributed by atoms with van der Waals surface area (Å²) >= 11 is 0. The van der Waals surface area contributed by atoms with E-state index in [1.165, 1.54) is 0 Å². The fraction of sp³-hybridized carbons (Fsp3) is 0.750. The van der Waals surface area contributed by atoms with Gasteiger partial charge in [0.1, 0.15) is 6.61 Å². The summed E-state index contributed by atoms with van der Waals surface area (Å²) in [6.07, 6.45) is 0.258. The Balaban J connectivity index is 1.76. The number of nitrogens with one attached hydrogen (secondary N) is 1. The Morgan fingerprint density at radius 3 is 3.22 bits per heavy atom. The minimum atomic E-state index is 0.258. The molecule has 2 rings (SSSR count). The van der Waals surface area contributed by atoms with E-state index in [2.05, 4.69) is 22.4 Å². The largest absolute Gasteiger partial charge is 0.377 e. The van der Waals surface area contributed by atoms with Gasteiger partial charge in [-0.2, -0.15) is 0 Å². The summed E-state index contributed by atoms with van der Waals surface area (Å²) in [5.74, 6) is 0.761. The van der Waals surface area contributed by atoms with Crippen molar-refractivity contribution in [2.45, 2.75) is 19.3 Å². The highest BCUT2D eigenvalue weighted by Gasteiger charge is 2.16. The molecular weight excluding hydrogens is 234 g/mol.